The van der Waals surface area contributed by atoms with E-state index in [2.05, 4.69) is 21.2 Å². The van der Waals surface area contributed by atoms with Crippen molar-refractivity contribution in [1.29, 1.82) is 0 Å². The number of carbonyl (C=O) groups excluding carboxylic acids is 1. The van der Waals surface area contributed by atoms with Gasteiger partial charge in [-0.25, -0.2) is 4.39 Å². The highest BCUT2D eigenvalue weighted by Crippen LogP contribution is 2.20. The second-order valence-electron chi connectivity index (χ2n) is 4.26. The number of hydrogen-bond acceptors (Lipinski definition) is 1. The van der Waals surface area contributed by atoms with Crippen LogP contribution in [0.25, 0.3) is 0 Å². The molecule has 1 N–H and O–H groups in total. The van der Waals surface area contributed by atoms with Crippen molar-refractivity contribution in [3.05, 3.63) is 64.4 Å². The van der Waals surface area contributed by atoms with Crippen molar-refractivity contribution in [2.24, 2.45) is 0 Å². The van der Waals surface area contributed by atoms with Crippen LogP contribution in [0.5, 0.6) is 0 Å². The van der Waals surface area contributed by atoms with Gasteiger partial charge in [-0.05, 0) is 29.8 Å². The third-order valence-electron chi connectivity index (χ3n) is 2.76. The molecule has 0 aliphatic heterocycles. The molecule has 2 rings (SSSR count). The van der Waals surface area contributed by atoms with Crippen LogP contribution in [-0.2, 0) is 16.5 Å². The Morgan fingerprint density at radius 1 is 1.25 bits per heavy atom. The van der Waals surface area contributed by atoms with Crippen LogP contribution in [0.2, 0.25) is 5.02 Å². The van der Waals surface area contributed by atoms with Crippen LogP contribution < -0.4 is 5.32 Å². The third kappa shape index (κ3) is 3.81. The lowest BCUT2D eigenvalue weighted by Gasteiger charge is -2.08. The van der Waals surface area contributed by atoms with Crippen molar-refractivity contribution in [2.45, 2.75) is 11.8 Å². The number of halogens is 3. The molecule has 5 heteroatoms. The molecule has 0 saturated carbocycles. The quantitative estimate of drug-likeness (QED) is 0.800. The van der Waals surface area contributed by atoms with E-state index in [1.54, 1.807) is 12.1 Å². The Morgan fingerprint density at radius 3 is 2.70 bits per heavy atom. The summed E-state index contributed by atoms with van der Waals surface area (Å²) in [7, 11) is 0. The lowest BCUT2D eigenvalue weighted by Crippen LogP contribution is -2.15. The first-order valence-electron chi connectivity index (χ1n) is 5.98. The highest BCUT2D eigenvalue weighted by molar-refractivity contribution is 9.08. The van der Waals surface area contributed by atoms with Crippen LogP contribution in [0.1, 0.15) is 11.1 Å². The van der Waals surface area contributed by atoms with Crippen molar-refractivity contribution < 1.29 is 9.18 Å². The van der Waals surface area contributed by atoms with Crippen LogP contribution >= 0.6 is 27.5 Å². The Balaban J connectivity index is 2.09. The molecule has 0 aliphatic rings. The van der Waals surface area contributed by atoms with Gasteiger partial charge in [-0.1, -0.05) is 45.7 Å². The first kappa shape index (κ1) is 15.0. The van der Waals surface area contributed by atoms with Crippen molar-refractivity contribution >= 4 is 39.1 Å². The van der Waals surface area contributed by atoms with Gasteiger partial charge >= 0.3 is 0 Å². The summed E-state index contributed by atoms with van der Waals surface area (Å²) in [5, 5.41) is 3.70. The van der Waals surface area contributed by atoms with E-state index in [1.165, 1.54) is 12.1 Å². The van der Waals surface area contributed by atoms with E-state index in [9.17, 15) is 9.18 Å². The van der Waals surface area contributed by atoms with Gasteiger partial charge in [0.1, 0.15) is 5.82 Å². The predicted molar refractivity (Wildman–Crippen MR) is 82.8 cm³/mol. The average molecular weight is 357 g/mol. The monoisotopic (exact) mass is 355 g/mol. The summed E-state index contributed by atoms with van der Waals surface area (Å²) in [4.78, 5) is 11.9. The summed E-state index contributed by atoms with van der Waals surface area (Å²) in [6.45, 7) is 0. The van der Waals surface area contributed by atoms with Gasteiger partial charge in [0.15, 0.2) is 0 Å². The standard InChI is InChI=1S/C15H12BrClFNO/c16-9-10-3-1-4-11(7-10)19-15(20)8-12-13(17)5-2-6-14(12)18/h1-7H,8-9H2,(H,19,20). The minimum atomic E-state index is -0.471. The Bertz CT molecular complexity index is 613. The molecule has 2 nitrogen and oxygen atoms in total. The van der Waals surface area contributed by atoms with E-state index >= 15 is 0 Å². The minimum absolute atomic E-state index is 0.0932. The lowest BCUT2D eigenvalue weighted by atomic mass is 10.1. The summed E-state index contributed by atoms with van der Waals surface area (Å²) in [6.07, 6.45) is -0.0932. The zero-order chi connectivity index (χ0) is 14.5. The molecule has 0 saturated heterocycles. The maximum absolute atomic E-state index is 13.6. The van der Waals surface area contributed by atoms with Gasteiger partial charge in [-0.3, -0.25) is 4.79 Å². The van der Waals surface area contributed by atoms with Crippen LogP contribution in [0, 0.1) is 5.82 Å². The Hall–Kier alpha value is -1.39. The molecule has 0 aliphatic carbocycles. The molecular weight excluding hydrogens is 345 g/mol. The van der Waals surface area contributed by atoms with Crippen molar-refractivity contribution in [1.82, 2.24) is 0 Å². The third-order valence-corrected chi connectivity index (χ3v) is 3.77. The number of benzene rings is 2. The summed E-state index contributed by atoms with van der Waals surface area (Å²) in [5.74, 6) is -0.773. The Labute approximate surface area is 130 Å². The number of nitrogens with one attached hydrogen (secondary N) is 1. The molecule has 20 heavy (non-hydrogen) atoms. The fraction of sp³-hybridized carbons (Fsp3) is 0.133. The maximum Gasteiger partial charge on any atom is 0.228 e. The molecule has 2 aromatic carbocycles. The summed E-state index contributed by atoms with van der Waals surface area (Å²) < 4.78 is 13.6. The van der Waals surface area contributed by atoms with Crippen molar-refractivity contribution in [3.8, 4) is 0 Å². The van der Waals surface area contributed by atoms with E-state index in [-0.39, 0.29) is 22.9 Å². The smallest absolute Gasteiger partial charge is 0.228 e. The maximum atomic E-state index is 13.6. The Kier molecular flexibility index (Phi) is 5.15. The number of carbonyl (C=O) groups is 1. The van der Waals surface area contributed by atoms with Gasteiger partial charge in [-0.15, -0.1) is 0 Å². The fourth-order valence-corrected chi connectivity index (χ4v) is 2.38. The van der Waals surface area contributed by atoms with Crippen LogP contribution in [0.3, 0.4) is 0 Å². The van der Waals surface area contributed by atoms with Gasteiger partial charge in [0, 0.05) is 21.6 Å². The number of rotatable bonds is 4. The fourth-order valence-electron chi connectivity index (χ4n) is 1.80. The molecule has 0 radical (unpaired) electrons. The molecule has 0 fully saturated rings. The number of amides is 1. The van der Waals surface area contributed by atoms with E-state index in [0.29, 0.717) is 11.0 Å². The van der Waals surface area contributed by atoms with Crippen molar-refractivity contribution in [2.75, 3.05) is 5.32 Å². The molecule has 0 heterocycles. The molecule has 0 atom stereocenters. The largest absolute Gasteiger partial charge is 0.326 e. The molecule has 2 aromatic rings. The van der Waals surface area contributed by atoms with Crippen molar-refractivity contribution in [3.63, 3.8) is 0 Å². The number of hydrogen-bond donors (Lipinski definition) is 1. The highest BCUT2D eigenvalue weighted by Gasteiger charge is 2.12. The lowest BCUT2D eigenvalue weighted by molar-refractivity contribution is -0.115. The van der Waals surface area contributed by atoms with Gasteiger partial charge in [0.25, 0.3) is 0 Å². The molecule has 104 valence electrons. The zero-order valence-corrected chi connectivity index (χ0v) is 12.8. The van der Waals surface area contributed by atoms with Crippen LogP contribution in [-0.4, -0.2) is 5.91 Å². The molecule has 0 unspecified atom stereocenters. The summed E-state index contributed by atoms with van der Waals surface area (Å²) in [6, 6.07) is 11.8. The van der Waals surface area contributed by atoms with E-state index in [0.717, 1.165) is 5.56 Å². The minimum Gasteiger partial charge on any atom is -0.326 e. The summed E-state index contributed by atoms with van der Waals surface area (Å²) >= 11 is 9.25. The second kappa shape index (κ2) is 6.86. The zero-order valence-electron chi connectivity index (χ0n) is 10.5. The topological polar surface area (TPSA) is 29.1 Å². The van der Waals surface area contributed by atoms with E-state index in [1.807, 2.05) is 18.2 Å². The van der Waals surface area contributed by atoms with Gasteiger partial charge in [-0.2, -0.15) is 0 Å². The van der Waals surface area contributed by atoms with E-state index < -0.39 is 5.82 Å². The molecular formula is C15H12BrClFNO. The number of alkyl halides is 1. The molecule has 0 aromatic heterocycles. The molecule has 0 spiro atoms. The molecule has 0 bridgehead atoms. The predicted octanol–water partition coefficient (Wildman–Crippen LogP) is 4.56. The average Bonchev–Trinajstić information content (AvgIpc) is 2.43. The molecule has 1 amide bonds. The summed E-state index contributed by atoms with van der Waals surface area (Å²) in [5.41, 5.74) is 1.94. The van der Waals surface area contributed by atoms with Gasteiger partial charge in [0.05, 0.1) is 6.42 Å². The highest BCUT2D eigenvalue weighted by atomic mass is 79.9. The normalized spacial score (nSPS) is 10.3. The first-order valence-corrected chi connectivity index (χ1v) is 7.47. The SMILES string of the molecule is O=C(Cc1c(F)cccc1Cl)Nc1cccc(CBr)c1. The number of anilines is 1. The first-order chi connectivity index (χ1) is 9.60. The van der Waals surface area contributed by atoms with Gasteiger partial charge in [0.2, 0.25) is 5.91 Å². The second-order valence-corrected chi connectivity index (χ2v) is 5.23. The van der Waals surface area contributed by atoms with Crippen LogP contribution in [0.15, 0.2) is 42.5 Å². The Morgan fingerprint density at radius 2 is 2.00 bits per heavy atom. The van der Waals surface area contributed by atoms with Crippen LogP contribution in [0.4, 0.5) is 10.1 Å². The van der Waals surface area contributed by atoms with Gasteiger partial charge < -0.3 is 5.32 Å². The van der Waals surface area contributed by atoms with E-state index in [4.69, 9.17) is 11.6 Å².